The van der Waals surface area contributed by atoms with Crippen molar-refractivity contribution >= 4 is 34.8 Å². The van der Waals surface area contributed by atoms with Gasteiger partial charge in [0.2, 0.25) is 11.7 Å². The zero-order chi connectivity index (χ0) is 28.1. The van der Waals surface area contributed by atoms with Crippen LogP contribution in [0.15, 0.2) is 41.7 Å². The van der Waals surface area contributed by atoms with E-state index in [1.807, 2.05) is 0 Å². The molecule has 8 N–H and O–H groups in total. The number of fused-ring (bicyclic) bond motifs is 3. The summed E-state index contributed by atoms with van der Waals surface area (Å²) in [5.74, 6) is -7.48. The van der Waals surface area contributed by atoms with Gasteiger partial charge in [0.15, 0.2) is 11.4 Å². The molecule has 4 atom stereocenters. The third kappa shape index (κ3) is 3.92. The maximum absolute atomic E-state index is 13.8. The Hall–Kier alpha value is -4.16. The van der Waals surface area contributed by atoms with Gasteiger partial charge in [0, 0.05) is 18.0 Å². The summed E-state index contributed by atoms with van der Waals surface area (Å²) in [4.78, 5) is 52.3. The van der Waals surface area contributed by atoms with Gasteiger partial charge >= 0.3 is 0 Å². The molecular weight excluding hydrogens is 496 g/mol. The van der Waals surface area contributed by atoms with Crippen molar-refractivity contribution in [1.29, 1.82) is 0 Å². The van der Waals surface area contributed by atoms with Crippen LogP contribution in [0, 0.1) is 11.8 Å². The van der Waals surface area contributed by atoms with E-state index < -0.39 is 63.8 Å². The summed E-state index contributed by atoms with van der Waals surface area (Å²) in [5, 5.41) is 50.0. The number of carbonyl (C=O) groups is 4. The summed E-state index contributed by atoms with van der Waals surface area (Å²) in [7, 11) is 3.08. The van der Waals surface area contributed by atoms with Crippen molar-refractivity contribution in [3.8, 4) is 5.75 Å². The van der Waals surface area contributed by atoms with Gasteiger partial charge in [-0.3, -0.25) is 24.1 Å². The molecule has 3 aliphatic carbocycles. The number of rotatable bonds is 7. The van der Waals surface area contributed by atoms with Gasteiger partial charge in [0.25, 0.3) is 5.91 Å². The van der Waals surface area contributed by atoms with E-state index in [2.05, 4.69) is 17.2 Å². The van der Waals surface area contributed by atoms with Crippen molar-refractivity contribution in [2.24, 2.45) is 17.6 Å². The summed E-state index contributed by atoms with van der Waals surface area (Å²) >= 11 is 0. The third-order valence-electron chi connectivity index (χ3n) is 7.48. The number of amides is 2. The number of hydrogen-bond donors (Lipinski definition) is 7. The smallest absolute Gasteiger partial charge is 0.255 e. The van der Waals surface area contributed by atoms with E-state index in [1.54, 1.807) is 6.07 Å². The number of anilines is 1. The minimum Gasteiger partial charge on any atom is -0.508 e. The van der Waals surface area contributed by atoms with E-state index in [-0.39, 0.29) is 48.7 Å². The highest BCUT2D eigenvalue weighted by Crippen LogP contribution is 2.53. The van der Waals surface area contributed by atoms with Crippen molar-refractivity contribution in [2.45, 2.75) is 24.5 Å². The number of hydrogen-bond acceptors (Lipinski definition) is 10. The molecule has 38 heavy (non-hydrogen) atoms. The van der Waals surface area contributed by atoms with Crippen LogP contribution in [-0.2, 0) is 25.6 Å². The number of phenolic OH excluding ortho intramolecular Hbond substituents is 1. The van der Waals surface area contributed by atoms with E-state index >= 15 is 0 Å². The van der Waals surface area contributed by atoms with Crippen LogP contribution >= 0.6 is 0 Å². The number of primary amides is 1. The summed E-state index contributed by atoms with van der Waals surface area (Å²) in [6.45, 7) is 3.59. The Morgan fingerprint density at radius 2 is 1.92 bits per heavy atom. The average Bonchev–Trinajstić information content (AvgIpc) is 2.84. The molecule has 0 aromatic heterocycles. The maximum atomic E-state index is 13.8. The zero-order valence-corrected chi connectivity index (χ0v) is 20.9. The Balaban J connectivity index is 1.80. The Morgan fingerprint density at radius 3 is 2.53 bits per heavy atom. The molecule has 12 nitrogen and oxygen atoms in total. The van der Waals surface area contributed by atoms with Crippen LogP contribution in [0.4, 0.5) is 5.69 Å². The number of ketones is 2. The highest BCUT2D eigenvalue weighted by molar-refractivity contribution is 6.24. The van der Waals surface area contributed by atoms with Crippen LogP contribution in [0.1, 0.15) is 17.5 Å². The van der Waals surface area contributed by atoms with Crippen LogP contribution in [0.2, 0.25) is 0 Å². The molecule has 1 fully saturated rings. The Kier molecular flexibility index (Phi) is 6.80. The predicted molar refractivity (Wildman–Crippen MR) is 136 cm³/mol. The lowest BCUT2D eigenvalue weighted by Gasteiger charge is -2.50. The van der Waals surface area contributed by atoms with Gasteiger partial charge in [-0.1, -0.05) is 12.1 Å². The first-order valence-electron chi connectivity index (χ1n) is 12.0. The molecular formula is C26H30N4O8. The molecule has 1 aromatic carbocycles. The van der Waals surface area contributed by atoms with Gasteiger partial charge < -0.3 is 36.8 Å². The first-order valence-corrected chi connectivity index (χ1v) is 12.0. The fourth-order valence-corrected chi connectivity index (χ4v) is 5.79. The van der Waals surface area contributed by atoms with Gasteiger partial charge in [0.05, 0.1) is 23.8 Å². The molecule has 4 rings (SSSR count). The van der Waals surface area contributed by atoms with Crippen LogP contribution in [0.3, 0.4) is 0 Å². The molecule has 3 aliphatic rings. The first kappa shape index (κ1) is 26.9. The number of benzene rings is 1. The minimum absolute atomic E-state index is 0.00992. The van der Waals surface area contributed by atoms with Gasteiger partial charge in [-0.05, 0) is 44.5 Å². The number of nitrogens with two attached hydrogens (primary N) is 1. The number of nitrogens with one attached hydrogen (secondary N) is 2. The number of aromatic hydroxyl groups is 1. The van der Waals surface area contributed by atoms with Crippen LogP contribution in [0.25, 0.3) is 5.76 Å². The second-order valence-corrected chi connectivity index (χ2v) is 9.90. The predicted octanol–water partition coefficient (Wildman–Crippen LogP) is -0.322. The van der Waals surface area contributed by atoms with Crippen molar-refractivity contribution in [2.75, 3.05) is 32.5 Å². The third-order valence-corrected chi connectivity index (χ3v) is 7.48. The van der Waals surface area contributed by atoms with Gasteiger partial charge in [-0.2, -0.15) is 0 Å². The van der Waals surface area contributed by atoms with Gasteiger partial charge in [-0.15, -0.1) is 6.58 Å². The average molecular weight is 527 g/mol. The SMILES string of the molecule is C=CCNC(=O)CNc1ccc2c(c1O)C(O)=C1C(=O)C3(O)C(O)=C(C(N)=O)C(=O)[C@@H](N(C)C)C3CC1C2. The molecule has 0 aliphatic heterocycles. The Bertz CT molecular complexity index is 1330. The van der Waals surface area contributed by atoms with Gasteiger partial charge in [-0.25, -0.2) is 0 Å². The second-order valence-electron chi connectivity index (χ2n) is 9.90. The lowest BCUT2D eigenvalue weighted by molar-refractivity contribution is -0.153. The normalized spacial score (nSPS) is 26.5. The first-order chi connectivity index (χ1) is 17.9. The van der Waals surface area contributed by atoms with Crippen LogP contribution in [-0.4, -0.2) is 87.5 Å². The van der Waals surface area contributed by atoms with E-state index in [9.17, 15) is 39.6 Å². The molecule has 0 radical (unpaired) electrons. The zero-order valence-electron chi connectivity index (χ0n) is 20.9. The highest BCUT2D eigenvalue weighted by atomic mass is 16.3. The van der Waals surface area contributed by atoms with Crippen LogP contribution in [0.5, 0.6) is 5.75 Å². The van der Waals surface area contributed by atoms with E-state index in [4.69, 9.17) is 5.73 Å². The quantitative estimate of drug-likeness (QED) is 0.140. The molecule has 0 spiro atoms. The molecule has 2 amide bonds. The number of carbonyl (C=O) groups excluding carboxylic acids is 4. The molecule has 0 bridgehead atoms. The number of likely N-dealkylation sites (N-methyl/N-ethyl adjacent to an activating group) is 1. The lowest BCUT2D eigenvalue weighted by Crippen LogP contribution is -2.65. The number of phenols is 1. The summed E-state index contributed by atoms with van der Waals surface area (Å²) < 4.78 is 0. The largest absolute Gasteiger partial charge is 0.508 e. The van der Waals surface area contributed by atoms with Crippen molar-refractivity contribution in [3.05, 3.63) is 52.8 Å². The maximum Gasteiger partial charge on any atom is 0.255 e. The summed E-state index contributed by atoms with van der Waals surface area (Å²) in [6, 6.07) is 2.03. The van der Waals surface area contributed by atoms with Gasteiger partial charge in [0.1, 0.15) is 22.8 Å². The Morgan fingerprint density at radius 1 is 1.24 bits per heavy atom. The molecule has 0 saturated heterocycles. The second kappa shape index (κ2) is 9.62. The molecule has 1 saturated carbocycles. The number of Topliss-reactive ketones (excluding diaryl/α,β-unsaturated/α-hetero) is 2. The molecule has 0 heterocycles. The summed E-state index contributed by atoms with van der Waals surface area (Å²) in [5.41, 5.74) is 2.09. The number of aliphatic hydroxyl groups is 3. The molecule has 12 heteroatoms. The van der Waals surface area contributed by atoms with Crippen molar-refractivity contribution < 1.29 is 39.6 Å². The molecule has 3 unspecified atom stereocenters. The summed E-state index contributed by atoms with van der Waals surface area (Å²) in [6.07, 6.45) is 1.70. The van der Waals surface area contributed by atoms with E-state index in [0.29, 0.717) is 5.56 Å². The number of nitrogens with zero attached hydrogens (tertiary/aromatic N) is 1. The molecule has 202 valence electrons. The number of aliphatic hydroxyl groups excluding tert-OH is 2. The fraction of sp³-hybridized carbons (Fsp3) is 0.385. The fourth-order valence-electron chi connectivity index (χ4n) is 5.79. The monoisotopic (exact) mass is 526 g/mol. The van der Waals surface area contributed by atoms with Crippen molar-refractivity contribution in [1.82, 2.24) is 10.2 Å². The van der Waals surface area contributed by atoms with Crippen LogP contribution < -0.4 is 16.4 Å². The lowest BCUT2D eigenvalue weighted by atomic mass is 9.57. The standard InChI is InChI=1S/C26H30N4O8/c1-4-7-28-15(31)10-29-14-6-5-11-8-12-9-13-19(30(2)3)22(34)18(25(27)37)24(36)26(13,38)23(35)17(12)21(33)16(11)20(14)32/h4-6,12-13,19,29,32-33,36,38H,1,7-10H2,2-3H3,(H2,27,37)(H,28,31)/t12?,13?,19-,26?/m0/s1. The topological polar surface area (TPSA) is 203 Å². The van der Waals surface area contributed by atoms with Crippen molar-refractivity contribution in [3.63, 3.8) is 0 Å². The highest BCUT2D eigenvalue weighted by Gasteiger charge is 2.64. The van der Waals surface area contributed by atoms with E-state index in [0.717, 1.165) is 0 Å². The minimum atomic E-state index is -2.70. The molecule has 1 aromatic rings. The van der Waals surface area contributed by atoms with E-state index in [1.165, 1.54) is 31.1 Å². The Labute approximate surface area is 218 Å².